The van der Waals surface area contributed by atoms with Gasteiger partial charge < -0.3 is 14.8 Å². The molecule has 0 atom stereocenters. The van der Waals surface area contributed by atoms with Crippen molar-refractivity contribution in [3.63, 3.8) is 0 Å². The summed E-state index contributed by atoms with van der Waals surface area (Å²) < 4.78 is 12.0. The van der Waals surface area contributed by atoms with E-state index in [1.807, 2.05) is 42.5 Å². The van der Waals surface area contributed by atoms with Gasteiger partial charge in [0.2, 0.25) is 12.7 Å². The quantitative estimate of drug-likeness (QED) is 0.424. The summed E-state index contributed by atoms with van der Waals surface area (Å²) in [5.74, 6) is 1.23. The molecule has 1 aliphatic rings. The molecule has 7 heteroatoms. The highest BCUT2D eigenvalue weighted by Crippen LogP contribution is 2.35. The SMILES string of the molecule is O=C(Cn1cnc(-c2ccc3c(c2)OCO3)cc1=O)NCCC(c1ccccc1)c1ccccc1. The summed E-state index contributed by atoms with van der Waals surface area (Å²) >= 11 is 0. The molecular weight excluding hydrogens is 442 g/mol. The highest BCUT2D eigenvalue weighted by molar-refractivity contribution is 5.75. The number of rotatable bonds is 8. The summed E-state index contributed by atoms with van der Waals surface area (Å²) in [6, 6.07) is 27.3. The van der Waals surface area contributed by atoms with Crippen molar-refractivity contribution in [3.05, 3.63) is 113 Å². The fourth-order valence-corrected chi connectivity index (χ4v) is 4.22. The molecule has 7 nitrogen and oxygen atoms in total. The summed E-state index contributed by atoms with van der Waals surface area (Å²) in [5, 5.41) is 2.95. The Morgan fingerprint density at radius 1 is 0.914 bits per heavy atom. The van der Waals surface area contributed by atoms with Gasteiger partial charge in [0.25, 0.3) is 5.56 Å². The van der Waals surface area contributed by atoms with Crippen LogP contribution in [0.15, 0.2) is 96.1 Å². The van der Waals surface area contributed by atoms with Crippen molar-refractivity contribution < 1.29 is 14.3 Å². The van der Waals surface area contributed by atoms with Crippen LogP contribution in [0.3, 0.4) is 0 Å². The van der Waals surface area contributed by atoms with Crippen LogP contribution in [0.1, 0.15) is 23.5 Å². The number of fused-ring (bicyclic) bond motifs is 1. The molecule has 0 saturated heterocycles. The minimum atomic E-state index is -0.297. The minimum Gasteiger partial charge on any atom is -0.454 e. The molecule has 0 radical (unpaired) electrons. The van der Waals surface area contributed by atoms with E-state index in [1.54, 1.807) is 12.1 Å². The summed E-state index contributed by atoms with van der Waals surface area (Å²) in [5.41, 5.74) is 3.36. The number of nitrogens with one attached hydrogen (secondary N) is 1. The first-order chi connectivity index (χ1) is 17.2. The van der Waals surface area contributed by atoms with Gasteiger partial charge in [-0.25, -0.2) is 4.98 Å². The first-order valence-corrected chi connectivity index (χ1v) is 11.5. The molecule has 35 heavy (non-hydrogen) atoms. The number of nitrogens with zero attached hydrogens (tertiary/aromatic N) is 2. The third kappa shape index (κ3) is 5.24. The van der Waals surface area contributed by atoms with Gasteiger partial charge in [-0.15, -0.1) is 0 Å². The van der Waals surface area contributed by atoms with Gasteiger partial charge in [-0.3, -0.25) is 14.2 Å². The Labute approximate surface area is 203 Å². The lowest BCUT2D eigenvalue weighted by Crippen LogP contribution is -2.33. The lowest BCUT2D eigenvalue weighted by atomic mass is 9.88. The molecule has 2 heterocycles. The van der Waals surface area contributed by atoms with E-state index >= 15 is 0 Å². The van der Waals surface area contributed by atoms with Crippen molar-refractivity contribution in [2.24, 2.45) is 0 Å². The zero-order valence-corrected chi connectivity index (χ0v) is 19.1. The molecule has 0 spiro atoms. The Kier molecular flexibility index (Phi) is 6.57. The van der Waals surface area contributed by atoms with Gasteiger partial charge >= 0.3 is 0 Å². The third-order valence-corrected chi connectivity index (χ3v) is 6.02. The topological polar surface area (TPSA) is 82.5 Å². The predicted molar refractivity (Wildman–Crippen MR) is 132 cm³/mol. The van der Waals surface area contributed by atoms with Gasteiger partial charge in [0, 0.05) is 24.1 Å². The van der Waals surface area contributed by atoms with Gasteiger partial charge in [0.05, 0.1) is 12.0 Å². The number of hydrogen-bond acceptors (Lipinski definition) is 5. The second kappa shape index (κ2) is 10.3. The Balaban J connectivity index is 1.21. The lowest BCUT2D eigenvalue weighted by molar-refractivity contribution is -0.121. The number of aromatic nitrogens is 2. The van der Waals surface area contributed by atoms with E-state index < -0.39 is 0 Å². The van der Waals surface area contributed by atoms with Crippen LogP contribution in [0.25, 0.3) is 11.3 Å². The normalized spacial score (nSPS) is 12.0. The van der Waals surface area contributed by atoms with Crippen LogP contribution in [-0.2, 0) is 11.3 Å². The maximum atomic E-state index is 12.6. The average molecular weight is 468 g/mol. The van der Waals surface area contributed by atoms with Gasteiger partial charge in [0.15, 0.2) is 11.5 Å². The van der Waals surface area contributed by atoms with Gasteiger partial charge in [0.1, 0.15) is 6.54 Å². The first kappa shape index (κ1) is 22.4. The van der Waals surface area contributed by atoms with Crippen LogP contribution >= 0.6 is 0 Å². The number of carbonyl (C=O) groups excluding carboxylic acids is 1. The summed E-state index contributed by atoms with van der Waals surface area (Å²) in [6.45, 7) is 0.583. The monoisotopic (exact) mass is 467 g/mol. The second-order valence-corrected chi connectivity index (χ2v) is 8.32. The molecular formula is C28H25N3O4. The number of ether oxygens (including phenoxy) is 2. The molecule has 4 aromatic rings. The molecule has 0 fully saturated rings. The molecule has 1 N–H and O–H groups in total. The minimum absolute atomic E-state index is 0.0887. The van der Waals surface area contributed by atoms with E-state index in [0.717, 1.165) is 12.0 Å². The van der Waals surface area contributed by atoms with Crippen molar-refractivity contribution in [3.8, 4) is 22.8 Å². The van der Waals surface area contributed by atoms with Crippen LogP contribution in [0.5, 0.6) is 11.5 Å². The van der Waals surface area contributed by atoms with Crippen molar-refractivity contribution in [1.29, 1.82) is 0 Å². The lowest BCUT2D eigenvalue weighted by Gasteiger charge is -2.18. The van der Waals surface area contributed by atoms with E-state index in [4.69, 9.17) is 9.47 Å². The molecule has 176 valence electrons. The van der Waals surface area contributed by atoms with Crippen LogP contribution < -0.4 is 20.3 Å². The van der Waals surface area contributed by atoms with E-state index in [0.29, 0.717) is 23.7 Å². The Morgan fingerprint density at radius 3 is 2.29 bits per heavy atom. The molecule has 3 aromatic carbocycles. The van der Waals surface area contributed by atoms with Gasteiger partial charge in [-0.1, -0.05) is 60.7 Å². The van der Waals surface area contributed by atoms with E-state index in [-0.39, 0.29) is 30.7 Å². The van der Waals surface area contributed by atoms with Crippen molar-refractivity contribution in [1.82, 2.24) is 14.9 Å². The molecule has 5 rings (SSSR count). The van der Waals surface area contributed by atoms with Crippen LogP contribution in [0, 0.1) is 0 Å². The molecule has 0 bridgehead atoms. The summed E-state index contributed by atoms with van der Waals surface area (Å²) in [6.07, 6.45) is 2.15. The number of benzene rings is 3. The van der Waals surface area contributed by atoms with Crippen LogP contribution in [0.4, 0.5) is 0 Å². The van der Waals surface area contributed by atoms with E-state index in [9.17, 15) is 9.59 Å². The molecule has 0 unspecified atom stereocenters. The first-order valence-electron chi connectivity index (χ1n) is 11.5. The summed E-state index contributed by atoms with van der Waals surface area (Å²) in [7, 11) is 0. The highest BCUT2D eigenvalue weighted by Gasteiger charge is 2.16. The fourth-order valence-electron chi connectivity index (χ4n) is 4.22. The van der Waals surface area contributed by atoms with Gasteiger partial charge in [-0.2, -0.15) is 0 Å². The second-order valence-electron chi connectivity index (χ2n) is 8.32. The predicted octanol–water partition coefficient (Wildman–Crippen LogP) is 3.98. The Hall–Kier alpha value is -4.39. The van der Waals surface area contributed by atoms with Crippen molar-refractivity contribution in [2.45, 2.75) is 18.9 Å². The van der Waals surface area contributed by atoms with E-state index in [2.05, 4.69) is 34.6 Å². The number of amides is 1. The molecule has 1 amide bonds. The van der Waals surface area contributed by atoms with Crippen molar-refractivity contribution >= 4 is 5.91 Å². The Bertz CT molecular complexity index is 1330. The Morgan fingerprint density at radius 2 is 1.60 bits per heavy atom. The molecule has 0 saturated carbocycles. The van der Waals surface area contributed by atoms with Gasteiger partial charge in [-0.05, 0) is 35.7 Å². The maximum Gasteiger partial charge on any atom is 0.254 e. The highest BCUT2D eigenvalue weighted by atomic mass is 16.7. The average Bonchev–Trinajstić information content (AvgIpc) is 3.37. The third-order valence-electron chi connectivity index (χ3n) is 6.02. The van der Waals surface area contributed by atoms with Crippen LogP contribution in [-0.4, -0.2) is 28.8 Å². The molecule has 1 aliphatic heterocycles. The maximum absolute atomic E-state index is 12.6. The zero-order valence-electron chi connectivity index (χ0n) is 19.1. The molecule has 0 aliphatic carbocycles. The smallest absolute Gasteiger partial charge is 0.254 e. The van der Waals surface area contributed by atoms with Crippen molar-refractivity contribution in [2.75, 3.05) is 13.3 Å². The number of carbonyl (C=O) groups is 1. The number of hydrogen-bond donors (Lipinski definition) is 1. The molecule has 1 aromatic heterocycles. The standard InChI is InChI=1S/C28H25N3O4/c32-27(29-14-13-23(20-7-3-1-4-8-20)21-9-5-2-6-10-21)17-31-18-30-24(16-28(31)33)22-11-12-25-26(15-22)35-19-34-25/h1-12,15-16,18,23H,13-14,17,19H2,(H,29,32). The fraction of sp³-hybridized carbons (Fsp3) is 0.179. The van der Waals surface area contributed by atoms with E-state index in [1.165, 1.54) is 28.1 Å². The van der Waals surface area contributed by atoms with Crippen LogP contribution in [0.2, 0.25) is 0 Å². The zero-order chi connectivity index (χ0) is 24.0. The summed E-state index contributed by atoms with van der Waals surface area (Å²) in [4.78, 5) is 29.6. The largest absolute Gasteiger partial charge is 0.454 e.